The zero-order valence-electron chi connectivity index (χ0n) is 9.38. The molecule has 0 aliphatic rings. The summed E-state index contributed by atoms with van der Waals surface area (Å²) in [6.45, 7) is 1.24. The first kappa shape index (κ1) is 13.0. The van der Waals surface area contributed by atoms with Crippen LogP contribution in [-0.4, -0.2) is 28.4 Å². The highest BCUT2D eigenvalue weighted by Gasteiger charge is 2.34. The quantitative estimate of drug-likeness (QED) is 0.799. The first-order chi connectivity index (χ1) is 8.01. The summed E-state index contributed by atoms with van der Waals surface area (Å²) >= 11 is 0. The van der Waals surface area contributed by atoms with Gasteiger partial charge in [-0.3, -0.25) is 0 Å². The third-order valence-electron chi connectivity index (χ3n) is 2.44. The Bertz CT molecular complexity index is 435. The zero-order valence-corrected chi connectivity index (χ0v) is 9.38. The minimum absolute atomic E-state index is 0.0542. The molecule has 1 unspecified atom stereocenters. The van der Waals surface area contributed by atoms with E-state index in [0.29, 0.717) is 11.3 Å². The summed E-state index contributed by atoms with van der Waals surface area (Å²) in [4.78, 5) is 10.8. The second-order valence-corrected chi connectivity index (χ2v) is 3.62. The van der Waals surface area contributed by atoms with Gasteiger partial charge in [0.05, 0.1) is 11.6 Å². The highest BCUT2D eigenvalue weighted by molar-refractivity contribution is 5.77. The predicted octanol–water partition coefficient (Wildman–Crippen LogP) is 1.16. The zero-order chi connectivity index (χ0) is 12.9. The van der Waals surface area contributed by atoms with Crippen LogP contribution in [0.25, 0.3) is 0 Å². The number of carboxylic acids is 1. The van der Waals surface area contributed by atoms with E-state index < -0.39 is 11.6 Å². The van der Waals surface area contributed by atoms with Crippen molar-refractivity contribution in [2.24, 2.45) is 0 Å². The molecule has 0 heterocycles. The van der Waals surface area contributed by atoms with Crippen molar-refractivity contribution >= 4 is 5.97 Å². The van der Waals surface area contributed by atoms with Crippen LogP contribution in [0.15, 0.2) is 24.3 Å². The number of nitriles is 1. The molecule has 1 atom stereocenters. The monoisotopic (exact) mass is 235 g/mol. The fraction of sp³-hybridized carbons (Fsp3) is 0.333. The Kier molecular flexibility index (Phi) is 4.07. The molecule has 0 aromatic heterocycles. The van der Waals surface area contributed by atoms with Crippen LogP contribution in [0.4, 0.5) is 0 Å². The number of hydrogen-bond acceptors (Lipinski definition) is 4. The first-order valence-electron chi connectivity index (χ1n) is 5.10. The smallest absolute Gasteiger partial charge is 0.339 e. The topological polar surface area (TPSA) is 90.5 Å². The third kappa shape index (κ3) is 3.20. The lowest BCUT2D eigenvalue weighted by atomic mass is 10.0. The summed E-state index contributed by atoms with van der Waals surface area (Å²) < 4.78 is 5.18. The maximum atomic E-state index is 10.8. The highest BCUT2D eigenvalue weighted by atomic mass is 16.5. The van der Waals surface area contributed by atoms with Crippen LogP contribution >= 0.6 is 0 Å². The maximum Gasteiger partial charge on any atom is 0.339 e. The number of aliphatic hydroxyl groups is 1. The number of ether oxygens (including phenoxy) is 1. The van der Waals surface area contributed by atoms with Crippen LogP contribution in [0.3, 0.4) is 0 Å². The standard InChI is InChI=1S/C12H13NO4/c1-2-12(16,11(14)15)8-17-10-5-3-9(7-13)4-6-10/h3-6,16H,2,8H2,1H3,(H,14,15). The van der Waals surface area contributed by atoms with Gasteiger partial charge >= 0.3 is 5.97 Å². The van der Waals surface area contributed by atoms with Crippen molar-refractivity contribution < 1.29 is 19.7 Å². The molecule has 90 valence electrons. The van der Waals surface area contributed by atoms with Gasteiger partial charge in [0.2, 0.25) is 0 Å². The van der Waals surface area contributed by atoms with Crippen LogP contribution in [0.5, 0.6) is 5.75 Å². The second-order valence-electron chi connectivity index (χ2n) is 3.62. The van der Waals surface area contributed by atoms with Crippen LogP contribution in [0, 0.1) is 11.3 Å². The van der Waals surface area contributed by atoms with Gasteiger partial charge in [0.25, 0.3) is 0 Å². The molecule has 0 radical (unpaired) electrons. The molecule has 5 nitrogen and oxygen atoms in total. The molecule has 1 aromatic carbocycles. The molecule has 0 bridgehead atoms. The lowest BCUT2D eigenvalue weighted by Gasteiger charge is -2.21. The molecule has 17 heavy (non-hydrogen) atoms. The Morgan fingerprint density at radius 2 is 2.06 bits per heavy atom. The van der Waals surface area contributed by atoms with E-state index in [1.54, 1.807) is 31.2 Å². The minimum atomic E-state index is -1.88. The molecule has 0 aliphatic carbocycles. The molecule has 0 aliphatic heterocycles. The van der Waals surface area contributed by atoms with Crippen LogP contribution in [-0.2, 0) is 4.79 Å². The minimum Gasteiger partial charge on any atom is -0.490 e. The van der Waals surface area contributed by atoms with E-state index in [4.69, 9.17) is 15.1 Å². The molecule has 0 saturated carbocycles. The predicted molar refractivity (Wildman–Crippen MR) is 59.5 cm³/mol. The van der Waals surface area contributed by atoms with Gasteiger partial charge in [-0.25, -0.2) is 4.79 Å². The lowest BCUT2D eigenvalue weighted by Crippen LogP contribution is -2.43. The molecule has 2 N–H and O–H groups in total. The summed E-state index contributed by atoms with van der Waals surface area (Å²) in [5.41, 5.74) is -1.39. The van der Waals surface area contributed by atoms with E-state index in [1.807, 2.05) is 6.07 Å². The number of carbonyl (C=O) groups is 1. The summed E-state index contributed by atoms with van der Waals surface area (Å²) in [7, 11) is 0. The van der Waals surface area contributed by atoms with Crippen LogP contribution in [0.2, 0.25) is 0 Å². The molecule has 0 fully saturated rings. The number of carboxylic acid groups (broad SMARTS) is 1. The van der Waals surface area contributed by atoms with E-state index in [-0.39, 0.29) is 13.0 Å². The molecular formula is C12H13NO4. The number of rotatable bonds is 5. The third-order valence-corrected chi connectivity index (χ3v) is 2.44. The van der Waals surface area contributed by atoms with E-state index in [1.165, 1.54) is 0 Å². The Morgan fingerprint density at radius 3 is 2.47 bits per heavy atom. The average Bonchev–Trinajstić information content (AvgIpc) is 2.36. The van der Waals surface area contributed by atoms with Gasteiger partial charge in [0.15, 0.2) is 5.60 Å². The van der Waals surface area contributed by atoms with Crippen molar-refractivity contribution in [3.8, 4) is 11.8 Å². The van der Waals surface area contributed by atoms with Crippen molar-refractivity contribution in [2.45, 2.75) is 18.9 Å². The summed E-state index contributed by atoms with van der Waals surface area (Å²) in [6, 6.07) is 8.17. The van der Waals surface area contributed by atoms with E-state index in [0.717, 1.165) is 0 Å². The van der Waals surface area contributed by atoms with Gasteiger partial charge in [-0.1, -0.05) is 6.92 Å². The Balaban J connectivity index is 2.67. The lowest BCUT2D eigenvalue weighted by molar-refractivity contribution is -0.162. The Labute approximate surface area is 98.9 Å². The molecular weight excluding hydrogens is 222 g/mol. The van der Waals surface area contributed by atoms with Crippen molar-refractivity contribution in [3.05, 3.63) is 29.8 Å². The average molecular weight is 235 g/mol. The Morgan fingerprint density at radius 1 is 1.47 bits per heavy atom. The molecule has 0 spiro atoms. The summed E-state index contributed by atoms with van der Waals surface area (Å²) in [6.07, 6.45) is 0.0542. The summed E-state index contributed by atoms with van der Waals surface area (Å²) in [5.74, 6) is -0.897. The fourth-order valence-corrected chi connectivity index (χ4v) is 1.14. The number of hydrogen-bond donors (Lipinski definition) is 2. The van der Waals surface area contributed by atoms with Gasteiger partial charge in [-0.05, 0) is 30.7 Å². The van der Waals surface area contributed by atoms with Crippen LogP contribution in [0.1, 0.15) is 18.9 Å². The van der Waals surface area contributed by atoms with Crippen molar-refractivity contribution in [3.63, 3.8) is 0 Å². The first-order valence-corrected chi connectivity index (χ1v) is 5.10. The number of benzene rings is 1. The second kappa shape index (κ2) is 5.32. The van der Waals surface area contributed by atoms with Crippen LogP contribution < -0.4 is 4.74 Å². The SMILES string of the molecule is CCC(O)(COc1ccc(C#N)cc1)C(=O)O. The van der Waals surface area contributed by atoms with Gasteiger partial charge in [-0.15, -0.1) is 0 Å². The largest absolute Gasteiger partial charge is 0.490 e. The maximum absolute atomic E-state index is 10.8. The van der Waals surface area contributed by atoms with Crippen molar-refractivity contribution in [1.82, 2.24) is 0 Å². The van der Waals surface area contributed by atoms with Gasteiger partial charge < -0.3 is 14.9 Å². The molecule has 1 rings (SSSR count). The van der Waals surface area contributed by atoms with E-state index in [9.17, 15) is 9.90 Å². The van der Waals surface area contributed by atoms with Gasteiger partial charge in [0.1, 0.15) is 12.4 Å². The van der Waals surface area contributed by atoms with E-state index >= 15 is 0 Å². The van der Waals surface area contributed by atoms with Crippen molar-refractivity contribution in [1.29, 1.82) is 5.26 Å². The fourth-order valence-electron chi connectivity index (χ4n) is 1.14. The highest BCUT2D eigenvalue weighted by Crippen LogP contribution is 2.16. The van der Waals surface area contributed by atoms with E-state index in [2.05, 4.69) is 0 Å². The van der Waals surface area contributed by atoms with Crippen molar-refractivity contribution in [2.75, 3.05) is 6.61 Å². The van der Waals surface area contributed by atoms with Gasteiger partial charge in [-0.2, -0.15) is 5.26 Å². The number of aliphatic carboxylic acids is 1. The number of nitrogens with zero attached hydrogens (tertiary/aromatic N) is 1. The molecule has 5 heteroatoms. The Hall–Kier alpha value is -2.06. The van der Waals surface area contributed by atoms with Gasteiger partial charge in [0, 0.05) is 0 Å². The summed E-state index contributed by atoms with van der Waals surface area (Å²) in [5, 5.41) is 27.1. The molecule has 0 saturated heterocycles. The normalized spacial score (nSPS) is 13.5. The molecule has 1 aromatic rings. The molecule has 0 amide bonds.